The lowest BCUT2D eigenvalue weighted by molar-refractivity contribution is 0.311. The average molecular weight is 297 g/mol. The number of sulfonamides is 1. The summed E-state index contributed by atoms with van der Waals surface area (Å²) < 4.78 is 28.2. The second kappa shape index (κ2) is 5.97. The van der Waals surface area contributed by atoms with Crippen LogP contribution in [0.15, 0.2) is 40.5 Å². The van der Waals surface area contributed by atoms with Crippen LogP contribution in [0, 0.1) is 5.41 Å². The number of primary sulfonamides is 1. The molecule has 1 aromatic rings. The van der Waals surface area contributed by atoms with Gasteiger partial charge in [0.15, 0.2) is 0 Å². The van der Waals surface area contributed by atoms with Crippen molar-refractivity contribution in [3.8, 4) is 5.75 Å². The monoisotopic (exact) mass is 297 g/mol. The van der Waals surface area contributed by atoms with Crippen LogP contribution in [-0.2, 0) is 10.0 Å². The summed E-state index contributed by atoms with van der Waals surface area (Å²) in [5.41, 5.74) is 1.23. The standard InChI is InChI=1S/C15H23NO3S/c1-11(2)14(10-15(3,4)5)19-12-6-8-13(9-7-12)20(16,17)18/h6-9H,10H2,1-5H3,(H2,16,17,18). The second-order valence-corrected chi connectivity index (χ2v) is 7.84. The molecule has 0 radical (unpaired) electrons. The normalized spacial score (nSPS) is 12.1. The van der Waals surface area contributed by atoms with Crippen molar-refractivity contribution >= 4 is 10.0 Å². The summed E-state index contributed by atoms with van der Waals surface area (Å²) in [6.45, 7) is 10.4. The lowest BCUT2D eigenvalue weighted by Gasteiger charge is -2.22. The Labute approximate surface area is 121 Å². The first-order valence-corrected chi connectivity index (χ1v) is 8.01. The van der Waals surface area contributed by atoms with Gasteiger partial charge in [-0.05, 0) is 49.1 Å². The van der Waals surface area contributed by atoms with Gasteiger partial charge in [-0.1, -0.05) is 20.8 Å². The van der Waals surface area contributed by atoms with Gasteiger partial charge in [-0.3, -0.25) is 0 Å². The fourth-order valence-corrected chi connectivity index (χ4v) is 2.15. The number of allylic oxidation sites excluding steroid dienone is 2. The molecule has 112 valence electrons. The minimum Gasteiger partial charge on any atom is -0.462 e. The van der Waals surface area contributed by atoms with Gasteiger partial charge in [-0.2, -0.15) is 0 Å². The zero-order valence-electron chi connectivity index (χ0n) is 12.7. The average Bonchev–Trinajstić information content (AvgIpc) is 2.25. The van der Waals surface area contributed by atoms with Crippen LogP contribution in [0.25, 0.3) is 0 Å². The number of nitrogens with two attached hydrogens (primary N) is 1. The molecule has 0 unspecified atom stereocenters. The van der Waals surface area contributed by atoms with Crippen LogP contribution < -0.4 is 9.88 Å². The predicted octanol–water partition coefficient (Wildman–Crippen LogP) is 3.44. The molecule has 2 N–H and O–H groups in total. The number of benzene rings is 1. The van der Waals surface area contributed by atoms with Crippen molar-refractivity contribution < 1.29 is 13.2 Å². The van der Waals surface area contributed by atoms with Crippen molar-refractivity contribution in [3.05, 3.63) is 35.6 Å². The molecule has 0 aliphatic carbocycles. The smallest absolute Gasteiger partial charge is 0.238 e. The zero-order valence-corrected chi connectivity index (χ0v) is 13.5. The first-order chi connectivity index (χ1) is 8.99. The Morgan fingerprint density at radius 3 is 2.00 bits per heavy atom. The van der Waals surface area contributed by atoms with E-state index in [2.05, 4.69) is 20.8 Å². The molecule has 0 aromatic heterocycles. The number of hydrogen-bond donors (Lipinski definition) is 1. The molecule has 0 fully saturated rings. The van der Waals surface area contributed by atoms with Crippen LogP contribution in [-0.4, -0.2) is 8.42 Å². The van der Waals surface area contributed by atoms with E-state index in [0.717, 1.165) is 17.8 Å². The number of rotatable bonds is 4. The molecule has 4 nitrogen and oxygen atoms in total. The third kappa shape index (κ3) is 5.35. The van der Waals surface area contributed by atoms with Crippen molar-refractivity contribution in [1.82, 2.24) is 0 Å². The largest absolute Gasteiger partial charge is 0.462 e. The molecule has 0 spiro atoms. The van der Waals surface area contributed by atoms with E-state index in [1.165, 1.54) is 12.1 Å². The molecule has 0 aliphatic heterocycles. The summed E-state index contributed by atoms with van der Waals surface area (Å²) in [4.78, 5) is 0.0828. The van der Waals surface area contributed by atoms with Crippen molar-refractivity contribution in [3.63, 3.8) is 0 Å². The fourth-order valence-electron chi connectivity index (χ4n) is 1.64. The minimum absolute atomic E-state index is 0.0828. The number of hydrogen-bond acceptors (Lipinski definition) is 3. The Bertz CT molecular complexity index is 589. The first-order valence-electron chi connectivity index (χ1n) is 6.46. The molecule has 0 saturated carbocycles. The van der Waals surface area contributed by atoms with E-state index in [4.69, 9.17) is 9.88 Å². The molecule has 20 heavy (non-hydrogen) atoms. The Hall–Kier alpha value is -1.33. The van der Waals surface area contributed by atoms with E-state index < -0.39 is 10.0 Å². The van der Waals surface area contributed by atoms with Gasteiger partial charge in [0.25, 0.3) is 0 Å². The SMILES string of the molecule is CC(C)=C(CC(C)(C)C)Oc1ccc(S(N)(=O)=O)cc1. The minimum atomic E-state index is -3.66. The summed E-state index contributed by atoms with van der Waals surface area (Å²) >= 11 is 0. The van der Waals surface area contributed by atoms with Crippen molar-refractivity contribution in [1.29, 1.82) is 0 Å². The molecule has 0 amide bonds. The highest BCUT2D eigenvalue weighted by Gasteiger charge is 2.16. The highest BCUT2D eigenvalue weighted by atomic mass is 32.2. The summed E-state index contributed by atoms with van der Waals surface area (Å²) in [6.07, 6.45) is 0.812. The van der Waals surface area contributed by atoms with Crippen LogP contribution in [0.2, 0.25) is 0 Å². The molecule has 0 atom stereocenters. The highest BCUT2D eigenvalue weighted by Crippen LogP contribution is 2.28. The Morgan fingerprint density at radius 2 is 1.65 bits per heavy atom. The Morgan fingerprint density at radius 1 is 1.15 bits per heavy atom. The van der Waals surface area contributed by atoms with E-state index in [9.17, 15) is 8.42 Å². The number of ether oxygens (including phenoxy) is 1. The maximum Gasteiger partial charge on any atom is 0.238 e. The Balaban J connectivity index is 2.94. The van der Waals surface area contributed by atoms with E-state index in [-0.39, 0.29) is 10.3 Å². The van der Waals surface area contributed by atoms with E-state index in [1.807, 2.05) is 13.8 Å². The van der Waals surface area contributed by atoms with Crippen molar-refractivity contribution in [2.45, 2.75) is 45.9 Å². The fraction of sp³-hybridized carbons (Fsp3) is 0.467. The molecule has 0 heterocycles. The Kier molecular flexibility index (Phi) is 5.00. The van der Waals surface area contributed by atoms with Crippen LogP contribution in [0.1, 0.15) is 41.0 Å². The van der Waals surface area contributed by atoms with E-state index >= 15 is 0 Å². The van der Waals surface area contributed by atoms with Gasteiger partial charge >= 0.3 is 0 Å². The third-order valence-electron chi connectivity index (χ3n) is 2.64. The van der Waals surface area contributed by atoms with Crippen LogP contribution >= 0.6 is 0 Å². The summed E-state index contributed by atoms with van der Waals surface area (Å²) in [5.74, 6) is 1.51. The van der Waals surface area contributed by atoms with E-state index in [1.54, 1.807) is 12.1 Å². The summed E-state index contributed by atoms with van der Waals surface area (Å²) in [5, 5.41) is 5.06. The molecular formula is C15H23NO3S. The molecule has 0 saturated heterocycles. The molecule has 1 rings (SSSR count). The van der Waals surface area contributed by atoms with Gasteiger partial charge in [0, 0.05) is 6.42 Å². The van der Waals surface area contributed by atoms with Gasteiger partial charge < -0.3 is 4.74 Å². The van der Waals surface area contributed by atoms with Crippen LogP contribution in [0.4, 0.5) is 0 Å². The maximum atomic E-state index is 11.2. The zero-order chi connectivity index (χ0) is 15.6. The lowest BCUT2D eigenvalue weighted by atomic mass is 9.90. The highest BCUT2D eigenvalue weighted by molar-refractivity contribution is 7.89. The van der Waals surface area contributed by atoms with Gasteiger partial charge in [0.1, 0.15) is 11.5 Å². The first kappa shape index (κ1) is 16.7. The maximum absolute atomic E-state index is 11.2. The van der Waals surface area contributed by atoms with Gasteiger partial charge in [0.05, 0.1) is 4.90 Å². The quantitative estimate of drug-likeness (QED) is 0.865. The lowest BCUT2D eigenvalue weighted by Crippen LogP contribution is -2.12. The second-order valence-electron chi connectivity index (χ2n) is 6.28. The third-order valence-corrected chi connectivity index (χ3v) is 3.57. The van der Waals surface area contributed by atoms with Crippen LogP contribution in [0.5, 0.6) is 5.75 Å². The molecule has 0 aliphatic rings. The van der Waals surface area contributed by atoms with Crippen LogP contribution in [0.3, 0.4) is 0 Å². The van der Waals surface area contributed by atoms with Crippen molar-refractivity contribution in [2.75, 3.05) is 0 Å². The van der Waals surface area contributed by atoms with Gasteiger partial charge in [-0.15, -0.1) is 0 Å². The van der Waals surface area contributed by atoms with Gasteiger partial charge in [-0.25, -0.2) is 13.6 Å². The topological polar surface area (TPSA) is 69.4 Å². The summed E-state index contributed by atoms with van der Waals surface area (Å²) in [7, 11) is -3.66. The molecule has 0 bridgehead atoms. The molecular weight excluding hydrogens is 274 g/mol. The predicted molar refractivity (Wildman–Crippen MR) is 80.9 cm³/mol. The van der Waals surface area contributed by atoms with Crippen molar-refractivity contribution in [2.24, 2.45) is 10.6 Å². The molecule has 5 heteroatoms. The van der Waals surface area contributed by atoms with E-state index in [0.29, 0.717) is 5.75 Å². The molecule has 1 aromatic carbocycles. The summed E-state index contributed by atoms with van der Waals surface area (Å²) in [6, 6.07) is 6.13. The van der Waals surface area contributed by atoms with Gasteiger partial charge in [0.2, 0.25) is 10.0 Å².